The average Bonchev–Trinajstić information content (AvgIpc) is 2.27. The van der Waals surface area contributed by atoms with Gasteiger partial charge in [-0.15, -0.1) is 0 Å². The molecule has 0 amide bonds. The van der Waals surface area contributed by atoms with E-state index in [1.165, 1.54) is 6.92 Å². The molecule has 1 rings (SSSR count). The van der Waals surface area contributed by atoms with Crippen LogP contribution in [0.5, 0.6) is 0 Å². The maximum atomic E-state index is 11.1. The van der Waals surface area contributed by atoms with Gasteiger partial charge in [0, 0.05) is 11.6 Å². The predicted octanol–water partition coefficient (Wildman–Crippen LogP) is 1.79. The lowest BCUT2D eigenvalue weighted by Gasteiger charge is -2.01. The van der Waals surface area contributed by atoms with E-state index < -0.39 is 5.97 Å². The number of rotatable bonds is 4. The van der Waals surface area contributed by atoms with Gasteiger partial charge in [0.05, 0.1) is 0 Å². The number of esters is 1. The van der Waals surface area contributed by atoms with Crippen molar-refractivity contribution in [2.45, 2.75) is 13.5 Å². The Morgan fingerprint density at radius 2 is 2.07 bits per heavy atom. The molecule has 0 aliphatic heterocycles. The van der Waals surface area contributed by atoms with E-state index in [1.807, 2.05) is 30.3 Å². The summed E-state index contributed by atoms with van der Waals surface area (Å²) in [5.74, 6) is -0.528. The summed E-state index contributed by atoms with van der Waals surface area (Å²) in [5.41, 5.74) is 1.14. The second kappa shape index (κ2) is 5.75. The van der Waals surface area contributed by atoms with Crippen molar-refractivity contribution in [1.82, 2.24) is 0 Å². The van der Waals surface area contributed by atoms with Crippen LogP contribution in [0.1, 0.15) is 12.5 Å². The van der Waals surface area contributed by atoms with Gasteiger partial charge in [0.15, 0.2) is 0 Å². The quantitative estimate of drug-likeness (QED) is 0.553. The van der Waals surface area contributed by atoms with Crippen LogP contribution in [0, 0.1) is 0 Å². The average molecular weight is 203 g/mol. The van der Waals surface area contributed by atoms with Crippen LogP contribution in [0.2, 0.25) is 0 Å². The van der Waals surface area contributed by atoms with Crippen LogP contribution in [0.4, 0.5) is 0 Å². The van der Waals surface area contributed by atoms with Gasteiger partial charge in [0.25, 0.3) is 0 Å². The molecule has 3 heteroatoms. The summed E-state index contributed by atoms with van der Waals surface area (Å²) >= 11 is 0. The van der Waals surface area contributed by atoms with E-state index in [9.17, 15) is 9.59 Å². The fraction of sp³-hybridized carbons (Fsp3) is 0.167. The van der Waals surface area contributed by atoms with E-state index in [0.29, 0.717) is 0 Å². The number of hydrogen-bond acceptors (Lipinski definition) is 3. The van der Waals surface area contributed by atoms with Crippen LogP contribution < -0.4 is 0 Å². The molecule has 15 heavy (non-hydrogen) atoms. The molecule has 0 unspecified atom stereocenters. The molecule has 0 fully saturated rings. The van der Waals surface area contributed by atoms with E-state index in [2.05, 4.69) is 0 Å². The summed E-state index contributed by atoms with van der Waals surface area (Å²) < 4.78 is 4.91. The van der Waals surface area contributed by atoms with Gasteiger partial charge in [0.1, 0.15) is 6.61 Å². The standard InChI is InChI=1S/C12H11O3/c1-10(8-13)7-12(14)15-9-11-5-3-2-4-6-11/h2-7H,9H2,1H3. The van der Waals surface area contributed by atoms with Crippen molar-refractivity contribution in [3.63, 3.8) is 0 Å². The number of ether oxygens (including phenoxy) is 1. The SMILES string of the molecule is CC([C]=O)=CC(=O)OCc1ccccc1. The molecule has 0 aromatic heterocycles. The van der Waals surface area contributed by atoms with Gasteiger partial charge in [-0.3, -0.25) is 4.79 Å². The molecule has 1 aromatic rings. The summed E-state index contributed by atoms with van der Waals surface area (Å²) in [6.45, 7) is 1.71. The Morgan fingerprint density at radius 3 is 2.67 bits per heavy atom. The largest absolute Gasteiger partial charge is 0.458 e. The van der Waals surface area contributed by atoms with Gasteiger partial charge >= 0.3 is 5.97 Å². The number of benzene rings is 1. The van der Waals surface area contributed by atoms with Crippen molar-refractivity contribution in [2.75, 3.05) is 0 Å². The van der Waals surface area contributed by atoms with E-state index >= 15 is 0 Å². The van der Waals surface area contributed by atoms with Crippen molar-refractivity contribution in [3.8, 4) is 0 Å². The third kappa shape index (κ3) is 4.22. The smallest absolute Gasteiger partial charge is 0.331 e. The van der Waals surface area contributed by atoms with Crippen molar-refractivity contribution in [1.29, 1.82) is 0 Å². The lowest BCUT2D eigenvalue weighted by atomic mass is 10.2. The summed E-state index contributed by atoms with van der Waals surface area (Å²) in [6, 6.07) is 9.33. The summed E-state index contributed by atoms with van der Waals surface area (Å²) in [6.07, 6.45) is 2.73. The summed E-state index contributed by atoms with van der Waals surface area (Å²) in [4.78, 5) is 21.2. The molecule has 0 bridgehead atoms. The highest BCUT2D eigenvalue weighted by atomic mass is 16.5. The van der Waals surface area contributed by atoms with Crippen LogP contribution in [-0.2, 0) is 20.9 Å². The van der Waals surface area contributed by atoms with Crippen molar-refractivity contribution < 1.29 is 14.3 Å². The molecule has 3 nitrogen and oxygen atoms in total. The second-order valence-electron chi connectivity index (χ2n) is 3.02. The zero-order valence-electron chi connectivity index (χ0n) is 8.40. The molecule has 0 aliphatic rings. The van der Waals surface area contributed by atoms with Crippen LogP contribution in [-0.4, -0.2) is 12.3 Å². The van der Waals surface area contributed by atoms with Gasteiger partial charge in [-0.2, -0.15) is 0 Å². The van der Waals surface area contributed by atoms with Crippen LogP contribution in [0.15, 0.2) is 42.0 Å². The van der Waals surface area contributed by atoms with Gasteiger partial charge < -0.3 is 4.74 Å². The molecule has 0 aliphatic carbocycles. The highest BCUT2D eigenvalue weighted by Gasteiger charge is 1.99. The van der Waals surface area contributed by atoms with Crippen molar-refractivity contribution in [2.24, 2.45) is 0 Å². The molecular formula is C12H11O3. The Bertz CT molecular complexity index is 366. The maximum Gasteiger partial charge on any atom is 0.331 e. The molecule has 0 atom stereocenters. The number of hydrogen-bond donors (Lipinski definition) is 0. The minimum atomic E-state index is -0.528. The molecule has 0 saturated heterocycles. The fourth-order valence-corrected chi connectivity index (χ4v) is 0.977. The van der Waals surface area contributed by atoms with E-state index in [1.54, 1.807) is 6.29 Å². The normalized spacial score (nSPS) is 10.9. The Balaban J connectivity index is 2.45. The highest BCUT2D eigenvalue weighted by Crippen LogP contribution is 2.01. The molecule has 0 saturated carbocycles. The number of carbonyl (C=O) groups is 1. The van der Waals surface area contributed by atoms with Gasteiger partial charge in [-0.05, 0) is 12.5 Å². The van der Waals surface area contributed by atoms with E-state index in [4.69, 9.17) is 4.74 Å². The number of carbonyl (C=O) groups excluding carboxylic acids is 2. The van der Waals surface area contributed by atoms with Crippen LogP contribution in [0.25, 0.3) is 0 Å². The minimum absolute atomic E-state index is 0.211. The molecule has 0 heterocycles. The van der Waals surface area contributed by atoms with Crippen molar-refractivity contribution in [3.05, 3.63) is 47.5 Å². The molecule has 1 radical (unpaired) electrons. The maximum absolute atomic E-state index is 11.1. The van der Waals surface area contributed by atoms with Gasteiger partial charge in [-0.25, -0.2) is 4.79 Å². The first-order chi connectivity index (χ1) is 7.22. The van der Waals surface area contributed by atoms with E-state index in [-0.39, 0.29) is 12.2 Å². The fourth-order valence-electron chi connectivity index (χ4n) is 0.977. The zero-order valence-corrected chi connectivity index (χ0v) is 8.40. The topological polar surface area (TPSA) is 43.4 Å². The third-order valence-electron chi connectivity index (χ3n) is 1.72. The van der Waals surface area contributed by atoms with E-state index in [0.717, 1.165) is 11.6 Å². The van der Waals surface area contributed by atoms with Crippen LogP contribution in [0.3, 0.4) is 0 Å². The predicted molar refractivity (Wildman–Crippen MR) is 55.7 cm³/mol. The monoisotopic (exact) mass is 203 g/mol. The lowest BCUT2D eigenvalue weighted by Crippen LogP contribution is -2.01. The second-order valence-corrected chi connectivity index (χ2v) is 3.02. The molecule has 0 spiro atoms. The minimum Gasteiger partial charge on any atom is -0.458 e. The molecule has 77 valence electrons. The number of allylic oxidation sites excluding steroid dienone is 1. The molecule has 0 N–H and O–H groups in total. The Hall–Kier alpha value is -1.90. The summed E-state index contributed by atoms with van der Waals surface area (Å²) in [7, 11) is 0. The first-order valence-corrected chi connectivity index (χ1v) is 4.49. The zero-order chi connectivity index (χ0) is 11.1. The van der Waals surface area contributed by atoms with Gasteiger partial charge in [0.2, 0.25) is 6.29 Å². The lowest BCUT2D eigenvalue weighted by molar-refractivity contribution is -0.139. The van der Waals surface area contributed by atoms with Gasteiger partial charge in [-0.1, -0.05) is 30.3 Å². The molecule has 1 aromatic carbocycles. The van der Waals surface area contributed by atoms with Crippen molar-refractivity contribution >= 4 is 12.3 Å². The first kappa shape index (κ1) is 11.2. The van der Waals surface area contributed by atoms with Crippen LogP contribution >= 0.6 is 0 Å². The Morgan fingerprint density at radius 1 is 1.40 bits per heavy atom. The third-order valence-corrected chi connectivity index (χ3v) is 1.72. The summed E-state index contributed by atoms with van der Waals surface area (Å²) in [5, 5.41) is 0. The Kier molecular flexibility index (Phi) is 4.29. The first-order valence-electron chi connectivity index (χ1n) is 4.49. The molecular weight excluding hydrogens is 192 g/mol. The highest BCUT2D eigenvalue weighted by molar-refractivity contribution is 5.89. The Labute approximate surface area is 88.4 Å².